The first kappa shape index (κ1) is 10.1. The van der Waals surface area contributed by atoms with E-state index in [0.29, 0.717) is 16.7 Å². The van der Waals surface area contributed by atoms with E-state index in [-0.39, 0.29) is 6.04 Å². The Hall–Kier alpha value is -1.39. The highest BCUT2D eigenvalue weighted by molar-refractivity contribution is 6.33. The summed E-state index contributed by atoms with van der Waals surface area (Å²) in [6.07, 6.45) is 0. The molecule has 1 aromatic heterocycles. The lowest BCUT2D eigenvalue weighted by Gasteiger charge is -1.98. The number of aromatic nitrogens is 3. The zero-order valence-corrected chi connectivity index (χ0v) is 8.99. The zero-order valence-electron chi connectivity index (χ0n) is 8.24. The fraction of sp³-hybridized carbons (Fsp3) is 0.200. The summed E-state index contributed by atoms with van der Waals surface area (Å²) in [6.45, 7) is 1.84. The second-order valence-electron chi connectivity index (χ2n) is 3.31. The van der Waals surface area contributed by atoms with Crippen LogP contribution in [0.5, 0.6) is 0 Å². The van der Waals surface area contributed by atoms with Gasteiger partial charge in [0, 0.05) is 5.56 Å². The molecule has 3 N–H and O–H groups in total. The van der Waals surface area contributed by atoms with Gasteiger partial charge in [-0.2, -0.15) is 5.10 Å². The van der Waals surface area contributed by atoms with Crippen LogP contribution in [0.4, 0.5) is 0 Å². The molecule has 0 aliphatic heterocycles. The monoisotopic (exact) mass is 222 g/mol. The lowest BCUT2D eigenvalue weighted by Crippen LogP contribution is -2.06. The first-order valence-electron chi connectivity index (χ1n) is 4.61. The summed E-state index contributed by atoms with van der Waals surface area (Å²) in [4.78, 5) is 4.26. The van der Waals surface area contributed by atoms with Crippen LogP contribution < -0.4 is 5.73 Å². The Labute approximate surface area is 92.5 Å². The van der Waals surface area contributed by atoms with Crippen molar-refractivity contribution >= 4 is 11.6 Å². The Balaban J connectivity index is 2.42. The van der Waals surface area contributed by atoms with Crippen LogP contribution in [0.2, 0.25) is 5.02 Å². The van der Waals surface area contributed by atoms with Gasteiger partial charge in [0.25, 0.3) is 0 Å². The second-order valence-corrected chi connectivity index (χ2v) is 3.72. The molecule has 4 nitrogen and oxygen atoms in total. The van der Waals surface area contributed by atoms with E-state index in [1.165, 1.54) is 0 Å². The smallest absolute Gasteiger partial charge is 0.182 e. The molecule has 5 heteroatoms. The fourth-order valence-electron chi connectivity index (χ4n) is 1.24. The molecule has 0 saturated heterocycles. The van der Waals surface area contributed by atoms with Gasteiger partial charge in [0.15, 0.2) is 5.82 Å². The van der Waals surface area contributed by atoms with Crippen LogP contribution >= 0.6 is 11.6 Å². The maximum absolute atomic E-state index is 6.02. The normalized spacial score (nSPS) is 12.7. The number of hydrogen-bond donors (Lipinski definition) is 2. The van der Waals surface area contributed by atoms with Crippen LogP contribution in [-0.2, 0) is 0 Å². The number of aromatic amines is 1. The first-order chi connectivity index (χ1) is 7.18. The van der Waals surface area contributed by atoms with Gasteiger partial charge >= 0.3 is 0 Å². The minimum absolute atomic E-state index is 0.159. The topological polar surface area (TPSA) is 67.6 Å². The summed E-state index contributed by atoms with van der Waals surface area (Å²) < 4.78 is 0. The van der Waals surface area contributed by atoms with E-state index in [4.69, 9.17) is 17.3 Å². The molecule has 0 radical (unpaired) electrons. The molecule has 0 aliphatic carbocycles. The highest BCUT2D eigenvalue weighted by atomic mass is 35.5. The minimum atomic E-state index is -0.159. The van der Waals surface area contributed by atoms with Gasteiger partial charge in [-0.05, 0) is 19.1 Å². The Morgan fingerprint density at radius 1 is 1.40 bits per heavy atom. The van der Waals surface area contributed by atoms with Crippen LogP contribution in [0.25, 0.3) is 11.4 Å². The minimum Gasteiger partial charge on any atom is -0.322 e. The molecule has 2 aromatic rings. The summed E-state index contributed by atoms with van der Waals surface area (Å²) in [7, 11) is 0. The van der Waals surface area contributed by atoms with E-state index in [1.807, 2.05) is 25.1 Å². The standard InChI is InChI=1S/C10H11ClN4/c1-6(12)9-13-10(15-14-9)7-4-2-3-5-8(7)11/h2-6H,12H2,1H3,(H,13,14,15). The van der Waals surface area contributed by atoms with E-state index >= 15 is 0 Å². The molecule has 0 bridgehead atoms. The third-order valence-electron chi connectivity index (χ3n) is 2.05. The highest BCUT2D eigenvalue weighted by Gasteiger charge is 2.10. The van der Waals surface area contributed by atoms with Gasteiger partial charge in [-0.25, -0.2) is 4.98 Å². The average molecular weight is 223 g/mol. The van der Waals surface area contributed by atoms with Crippen molar-refractivity contribution in [3.63, 3.8) is 0 Å². The maximum Gasteiger partial charge on any atom is 0.182 e. The SMILES string of the molecule is CC(N)c1nc(-c2ccccc2Cl)n[nH]1. The van der Waals surface area contributed by atoms with Crippen molar-refractivity contribution in [2.45, 2.75) is 13.0 Å². The fourth-order valence-corrected chi connectivity index (χ4v) is 1.46. The Morgan fingerprint density at radius 2 is 2.13 bits per heavy atom. The number of rotatable bonds is 2. The quantitative estimate of drug-likeness (QED) is 0.818. The molecular weight excluding hydrogens is 212 g/mol. The summed E-state index contributed by atoms with van der Waals surface area (Å²) in [5.74, 6) is 1.23. The Morgan fingerprint density at radius 3 is 2.73 bits per heavy atom. The van der Waals surface area contributed by atoms with Crippen LogP contribution in [0.3, 0.4) is 0 Å². The van der Waals surface area contributed by atoms with Crippen molar-refractivity contribution in [2.24, 2.45) is 5.73 Å². The molecule has 15 heavy (non-hydrogen) atoms. The predicted molar refractivity (Wildman–Crippen MR) is 59.4 cm³/mol. The molecule has 0 spiro atoms. The van der Waals surface area contributed by atoms with Gasteiger partial charge in [-0.3, -0.25) is 5.10 Å². The summed E-state index contributed by atoms with van der Waals surface area (Å²) >= 11 is 6.02. The van der Waals surface area contributed by atoms with E-state index < -0.39 is 0 Å². The number of nitrogens with zero attached hydrogens (tertiary/aromatic N) is 2. The largest absolute Gasteiger partial charge is 0.322 e. The second kappa shape index (κ2) is 4.00. The van der Waals surface area contributed by atoms with Crippen molar-refractivity contribution in [1.82, 2.24) is 15.2 Å². The van der Waals surface area contributed by atoms with E-state index in [2.05, 4.69) is 15.2 Å². The van der Waals surface area contributed by atoms with Crippen molar-refractivity contribution in [1.29, 1.82) is 0 Å². The Kier molecular flexibility index (Phi) is 2.70. The number of halogens is 1. The average Bonchev–Trinajstić information content (AvgIpc) is 2.67. The molecule has 1 unspecified atom stereocenters. The lowest BCUT2D eigenvalue weighted by molar-refractivity contribution is 0.745. The van der Waals surface area contributed by atoms with Gasteiger partial charge in [-0.15, -0.1) is 0 Å². The summed E-state index contributed by atoms with van der Waals surface area (Å²) in [5.41, 5.74) is 6.48. The Bertz CT molecular complexity index is 464. The highest BCUT2D eigenvalue weighted by Crippen LogP contribution is 2.24. The molecule has 0 saturated carbocycles. The lowest BCUT2D eigenvalue weighted by atomic mass is 10.2. The van der Waals surface area contributed by atoms with Crippen molar-refractivity contribution in [3.8, 4) is 11.4 Å². The molecule has 1 aromatic carbocycles. The van der Waals surface area contributed by atoms with E-state index in [9.17, 15) is 0 Å². The zero-order chi connectivity index (χ0) is 10.8. The van der Waals surface area contributed by atoms with Crippen LogP contribution in [0.1, 0.15) is 18.8 Å². The van der Waals surface area contributed by atoms with Crippen LogP contribution in [0, 0.1) is 0 Å². The number of nitrogens with two attached hydrogens (primary N) is 1. The number of H-pyrrole nitrogens is 1. The molecule has 0 amide bonds. The number of hydrogen-bond acceptors (Lipinski definition) is 3. The molecule has 0 aliphatic rings. The van der Waals surface area contributed by atoms with Gasteiger partial charge in [-0.1, -0.05) is 23.7 Å². The molecule has 0 fully saturated rings. The molecule has 1 heterocycles. The van der Waals surface area contributed by atoms with Crippen LogP contribution in [0.15, 0.2) is 24.3 Å². The first-order valence-corrected chi connectivity index (χ1v) is 4.99. The van der Waals surface area contributed by atoms with Gasteiger partial charge < -0.3 is 5.73 Å². The van der Waals surface area contributed by atoms with Crippen LogP contribution in [-0.4, -0.2) is 15.2 Å². The van der Waals surface area contributed by atoms with E-state index in [1.54, 1.807) is 6.07 Å². The predicted octanol–water partition coefficient (Wildman–Crippen LogP) is 2.14. The summed E-state index contributed by atoms with van der Waals surface area (Å²) in [6, 6.07) is 7.28. The molecule has 78 valence electrons. The van der Waals surface area contributed by atoms with Gasteiger partial charge in [0.05, 0.1) is 11.1 Å². The van der Waals surface area contributed by atoms with Gasteiger partial charge in [0.2, 0.25) is 0 Å². The number of benzene rings is 1. The summed E-state index contributed by atoms with van der Waals surface area (Å²) in [5, 5.41) is 7.49. The molecule has 2 rings (SSSR count). The van der Waals surface area contributed by atoms with E-state index in [0.717, 1.165) is 5.56 Å². The molecule has 1 atom stereocenters. The van der Waals surface area contributed by atoms with Crippen molar-refractivity contribution in [3.05, 3.63) is 35.1 Å². The third kappa shape index (κ3) is 2.00. The molecular formula is C10H11ClN4. The maximum atomic E-state index is 6.02. The third-order valence-corrected chi connectivity index (χ3v) is 2.38. The van der Waals surface area contributed by atoms with Crippen molar-refractivity contribution in [2.75, 3.05) is 0 Å². The van der Waals surface area contributed by atoms with Gasteiger partial charge in [0.1, 0.15) is 5.82 Å². The van der Waals surface area contributed by atoms with Crippen molar-refractivity contribution < 1.29 is 0 Å². The number of nitrogens with one attached hydrogen (secondary N) is 1.